The molecule has 0 saturated heterocycles. The SMILES string of the molecule is CC(C)CC(CN)NC(=O)c1cccc(-n2ccc(C(F)(F)F)n2)c1.Cl. The van der Waals surface area contributed by atoms with Gasteiger partial charge in [0, 0.05) is 24.3 Å². The third-order valence-electron chi connectivity index (χ3n) is 3.63. The van der Waals surface area contributed by atoms with Gasteiger partial charge in [0.2, 0.25) is 0 Å². The highest BCUT2D eigenvalue weighted by molar-refractivity contribution is 5.94. The van der Waals surface area contributed by atoms with Gasteiger partial charge in [-0.25, -0.2) is 4.68 Å². The number of rotatable bonds is 6. The van der Waals surface area contributed by atoms with Crippen molar-refractivity contribution in [3.8, 4) is 5.69 Å². The van der Waals surface area contributed by atoms with Crippen molar-refractivity contribution in [2.75, 3.05) is 6.54 Å². The molecule has 0 saturated carbocycles. The predicted molar refractivity (Wildman–Crippen MR) is 95.6 cm³/mol. The maximum Gasteiger partial charge on any atom is 0.435 e. The van der Waals surface area contributed by atoms with Crippen LogP contribution in [-0.4, -0.2) is 28.3 Å². The van der Waals surface area contributed by atoms with Crippen LogP contribution in [-0.2, 0) is 6.18 Å². The number of hydrogen-bond acceptors (Lipinski definition) is 3. The molecule has 144 valence electrons. The molecule has 2 aromatic rings. The Balaban J connectivity index is 0.00000338. The minimum atomic E-state index is -4.51. The van der Waals surface area contributed by atoms with E-state index in [1.807, 2.05) is 13.8 Å². The fourth-order valence-corrected chi connectivity index (χ4v) is 2.46. The number of hydrogen-bond donors (Lipinski definition) is 2. The molecular formula is C17H22ClF3N4O. The van der Waals surface area contributed by atoms with Gasteiger partial charge in [0.1, 0.15) is 0 Å². The lowest BCUT2D eigenvalue weighted by atomic mass is 10.0. The first-order chi connectivity index (χ1) is 11.7. The summed E-state index contributed by atoms with van der Waals surface area (Å²) in [5.74, 6) is 0.0613. The topological polar surface area (TPSA) is 72.9 Å². The molecular weight excluding hydrogens is 369 g/mol. The van der Waals surface area contributed by atoms with Crippen LogP contribution < -0.4 is 11.1 Å². The lowest BCUT2D eigenvalue weighted by Gasteiger charge is -2.19. The minimum absolute atomic E-state index is 0. The molecule has 0 aliphatic carbocycles. The number of alkyl halides is 3. The van der Waals surface area contributed by atoms with Crippen molar-refractivity contribution < 1.29 is 18.0 Å². The molecule has 1 aromatic carbocycles. The van der Waals surface area contributed by atoms with Crippen molar-refractivity contribution >= 4 is 18.3 Å². The van der Waals surface area contributed by atoms with Gasteiger partial charge < -0.3 is 11.1 Å². The maximum absolute atomic E-state index is 12.7. The van der Waals surface area contributed by atoms with E-state index in [9.17, 15) is 18.0 Å². The summed E-state index contributed by atoms with van der Waals surface area (Å²) in [5.41, 5.74) is 5.40. The molecule has 2 rings (SSSR count). The largest absolute Gasteiger partial charge is 0.435 e. The summed E-state index contributed by atoms with van der Waals surface area (Å²) < 4.78 is 39.1. The number of carbonyl (C=O) groups is 1. The number of amides is 1. The molecule has 0 radical (unpaired) electrons. The number of nitrogens with two attached hydrogens (primary N) is 1. The van der Waals surface area contributed by atoms with E-state index >= 15 is 0 Å². The van der Waals surface area contributed by atoms with E-state index in [-0.39, 0.29) is 24.4 Å². The predicted octanol–water partition coefficient (Wildman–Crippen LogP) is 3.42. The molecule has 9 heteroatoms. The fourth-order valence-electron chi connectivity index (χ4n) is 2.46. The molecule has 26 heavy (non-hydrogen) atoms. The number of nitrogens with zero attached hydrogens (tertiary/aromatic N) is 2. The average molecular weight is 391 g/mol. The second-order valence-electron chi connectivity index (χ2n) is 6.23. The van der Waals surface area contributed by atoms with Gasteiger partial charge in [-0.05, 0) is 36.6 Å². The summed E-state index contributed by atoms with van der Waals surface area (Å²) in [6.45, 7) is 4.38. The van der Waals surface area contributed by atoms with E-state index in [1.54, 1.807) is 18.2 Å². The highest BCUT2D eigenvalue weighted by atomic mass is 35.5. The lowest BCUT2D eigenvalue weighted by molar-refractivity contribution is -0.141. The van der Waals surface area contributed by atoms with Gasteiger partial charge in [0.15, 0.2) is 5.69 Å². The standard InChI is InChI=1S/C17H21F3N4O.ClH/c1-11(2)8-13(10-21)22-16(25)12-4-3-5-14(9-12)24-7-6-15(23-24)17(18,19)20;/h3-7,9,11,13H,8,10,21H2,1-2H3,(H,22,25);1H. The third-order valence-corrected chi connectivity index (χ3v) is 3.63. The second-order valence-corrected chi connectivity index (χ2v) is 6.23. The first-order valence-electron chi connectivity index (χ1n) is 7.95. The van der Waals surface area contributed by atoms with Crippen LogP contribution in [0.3, 0.4) is 0 Å². The number of aromatic nitrogens is 2. The second kappa shape index (κ2) is 9.05. The zero-order valence-corrected chi connectivity index (χ0v) is 15.3. The summed E-state index contributed by atoms with van der Waals surface area (Å²) in [6, 6.07) is 7.00. The number of carbonyl (C=O) groups excluding carboxylic acids is 1. The Morgan fingerprint density at radius 1 is 1.31 bits per heavy atom. The van der Waals surface area contributed by atoms with Gasteiger partial charge in [-0.2, -0.15) is 18.3 Å². The summed E-state index contributed by atoms with van der Waals surface area (Å²) in [4.78, 5) is 12.4. The maximum atomic E-state index is 12.7. The quantitative estimate of drug-likeness (QED) is 0.793. The Kier molecular flexibility index (Phi) is 7.65. The van der Waals surface area contributed by atoms with E-state index in [2.05, 4.69) is 10.4 Å². The van der Waals surface area contributed by atoms with Crippen molar-refractivity contribution in [2.24, 2.45) is 11.7 Å². The molecule has 0 bridgehead atoms. The number of halogens is 4. The Hall–Kier alpha value is -2.06. The number of nitrogens with one attached hydrogen (secondary N) is 1. The molecule has 0 fully saturated rings. The third kappa shape index (κ3) is 5.74. The normalized spacial score (nSPS) is 12.6. The molecule has 1 unspecified atom stereocenters. The van der Waals surface area contributed by atoms with Gasteiger partial charge in [-0.1, -0.05) is 19.9 Å². The summed E-state index contributed by atoms with van der Waals surface area (Å²) in [5, 5.41) is 6.36. The van der Waals surface area contributed by atoms with Crippen LogP contribution in [0.2, 0.25) is 0 Å². The zero-order chi connectivity index (χ0) is 18.6. The molecule has 3 N–H and O–H groups in total. The molecule has 1 amide bonds. The summed E-state index contributed by atoms with van der Waals surface area (Å²) in [6.07, 6.45) is -2.55. The van der Waals surface area contributed by atoms with Crippen LogP contribution in [0.25, 0.3) is 5.69 Å². The van der Waals surface area contributed by atoms with Crippen molar-refractivity contribution in [3.05, 3.63) is 47.8 Å². The van der Waals surface area contributed by atoms with Crippen LogP contribution in [0.5, 0.6) is 0 Å². The van der Waals surface area contributed by atoms with Crippen LogP contribution in [0.4, 0.5) is 13.2 Å². The van der Waals surface area contributed by atoms with Gasteiger partial charge in [0.25, 0.3) is 5.91 Å². The molecule has 0 spiro atoms. The highest BCUT2D eigenvalue weighted by Gasteiger charge is 2.33. The monoisotopic (exact) mass is 390 g/mol. The lowest BCUT2D eigenvalue weighted by Crippen LogP contribution is -2.41. The van der Waals surface area contributed by atoms with E-state index in [0.717, 1.165) is 17.2 Å². The zero-order valence-electron chi connectivity index (χ0n) is 14.5. The van der Waals surface area contributed by atoms with Crippen LogP contribution in [0, 0.1) is 5.92 Å². The molecule has 0 aliphatic heterocycles. The summed E-state index contributed by atoms with van der Waals surface area (Å²) >= 11 is 0. The van der Waals surface area contributed by atoms with Crippen molar-refractivity contribution in [2.45, 2.75) is 32.5 Å². The van der Waals surface area contributed by atoms with Gasteiger partial charge in [-0.3, -0.25) is 4.79 Å². The van der Waals surface area contributed by atoms with Crippen LogP contribution >= 0.6 is 12.4 Å². The molecule has 1 aromatic heterocycles. The first kappa shape index (κ1) is 22.0. The van der Waals surface area contributed by atoms with E-state index in [4.69, 9.17) is 5.73 Å². The van der Waals surface area contributed by atoms with Crippen LogP contribution in [0.1, 0.15) is 36.3 Å². The van der Waals surface area contributed by atoms with Crippen molar-refractivity contribution in [1.29, 1.82) is 0 Å². The average Bonchev–Trinajstić information content (AvgIpc) is 3.04. The summed E-state index contributed by atoms with van der Waals surface area (Å²) in [7, 11) is 0. The Morgan fingerprint density at radius 2 is 2.00 bits per heavy atom. The van der Waals surface area contributed by atoms with E-state index < -0.39 is 11.9 Å². The van der Waals surface area contributed by atoms with Crippen molar-refractivity contribution in [3.63, 3.8) is 0 Å². The molecule has 1 atom stereocenters. The van der Waals surface area contributed by atoms with Gasteiger partial charge >= 0.3 is 6.18 Å². The Bertz CT molecular complexity index is 731. The van der Waals surface area contributed by atoms with Crippen molar-refractivity contribution in [1.82, 2.24) is 15.1 Å². The highest BCUT2D eigenvalue weighted by Crippen LogP contribution is 2.27. The van der Waals surface area contributed by atoms with Gasteiger partial charge in [0.05, 0.1) is 5.69 Å². The molecule has 1 heterocycles. The Labute approximate surface area is 156 Å². The first-order valence-corrected chi connectivity index (χ1v) is 7.95. The number of benzene rings is 1. The molecule has 0 aliphatic rings. The van der Waals surface area contributed by atoms with E-state index in [1.165, 1.54) is 12.3 Å². The molecule has 5 nitrogen and oxygen atoms in total. The fraction of sp³-hybridized carbons (Fsp3) is 0.412. The van der Waals surface area contributed by atoms with Gasteiger partial charge in [-0.15, -0.1) is 12.4 Å². The smallest absolute Gasteiger partial charge is 0.348 e. The van der Waals surface area contributed by atoms with E-state index in [0.29, 0.717) is 23.7 Å². The Morgan fingerprint density at radius 3 is 2.54 bits per heavy atom. The minimum Gasteiger partial charge on any atom is -0.348 e. The van der Waals surface area contributed by atoms with Crippen LogP contribution in [0.15, 0.2) is 36.5 Å².